The highest BCUT2D eigenvalue weighted by Crippen LogP contribution is 2.52. The zero-order valence-electron chi connectivity index (χ0n) is 10.7. The third kappa shape index (κ3) is 4.37. The number of hydrogen-bond donors (Lipinski definition) is 0. The summed E-state index contributed by atoms with van der Waals surface area (Å²) in [5, 5.41) is 0. The van der Waals surface area contributed by atoms with E-state index >= 15 is 0 Å². The molecule has 0 aromatic carbocycles. The fourth-order valence-corrected chi connectivity index (χ4v) is 2.95. The SMILES string of the molecule is CC1(C)CC1C(=O)OCCC[Si](C)(C)C. The lowest BCUT2D eigenvalue weighted by molar-refractivity contribution is -0.146. The second-order valence-electron chi connectivity index (χ2n) is 6.58. The van der Waals surface area contributed by atoms with Crippen LogP contribution in [0.3, 0.4) is 0 Å². The molecule has 1 saturated carbocycles. The van der Waals surface area contributed by atoms with E-state index in [1.807, 2.05) is 0 Å². The zero-order chi connectivity index (χ0) is 11.7. The maximum Gasteiger partial charge on any atom is 0.309 e. The second-order valence-corrected chi connectivity index (χ2v) is 12.2. The largest absolute Gasteiger partial charge is 0.465 e. The molecule has 0 radical (unpaired) electrons. The molecular weight excluding hydrogens is 204 g/mol. The molecule has 88 valence electrons. The number of esters is 1. The van der Waals surface area contributed by atoms with E-state index < -0.39 is 8.07 Å². The normalized spacial score (nSPS) is 23.7. The van der Waals surface area contributed by atoms with E-state index in [9.17, 15) is 4.79 Å². The van der Waals surface area contributed by atoms with E-state index in [0.29, 0.717) is 6.61 Å². The summed E-state index contributed by atoms with van der Waals surface area (Å²) in [6, 6.07) is 1.24. The van der Waals surface area contributed by atoms with Gasteiger partial charge in [-0.05, 0) is 18.3 Å². The lowest BCUT2D eigenvalue weighted by Gasteiger charge is -2.15. The summed E-state index contributed by atoms with van der Waals surface area (Å²) in [6.07, 6.45) is 2.04. The standard InChI is InChI=1S/C12H24O2Si/c1-12(2)9-10(12)11(13)14-7-6-8-15(3,4)5/h10H,6-9H2,1-5H3. The van der Waals surface area contributed by atoms with Gasteiger partial charge in [0.1, 0.15) is 0 Å². The minimum atomic E-state index is -0.960. The Balaban J connectivity index is 2.09. The molecule has 1 aliphatic rings. The average molecular weight is 228 g/mol. The van der Waals surface area contributed by atoms with Crippen LogP contribution in [0.2, 0.25) is 25.7 Å². The first-order valence-corrected chi connectivity index (χ1v) is 9.60. The van der Waals surface area contributed by atoms with E-state index in [4.69, 9.17) is 4.74 Å². The molecule has 0 bridgehead atoms. The summed E-state index contributed by atoms with van der Waals surface area (Å²) >= 11 is 0. The van der Waals surface area contributed by atoms with Gasteiger partial charge in [0.2, 0.25) is 0 Å². The van der Waals surface area contributed by atoms with E-state index in [2.05, 4.69) is 33.5 Å². The summed E-state index contributed by atoms with van der Waals surface area (Å²) < 4.78 is 5.28. The number of rotatable bonds is 5. The molecule has 0 aromatic rings. The van der Waals surface area contributed by atoms with Crippen molar-refractivity contribution in [2.24, 2.45) is 11.3 Å². The number of carbonyl (C=O) groups excluding carboxylic acids is 1. The fraction of sp³-hybridized carbons (Fsp3) is 0.917. The van der Waals surface area contributed by atoms with Gasteiger partial charge in [0.15, 0.2) is 0 Å². The smallest absolute Gasteiger partial charge is 0.309 e. The molecular formula is C12H24O2Si. The molecule has 1 unspecified atom stereocenters. The molecule has 0 saturated heterocycles. The Hall–Kier alpha value is -0.313. The maximum absolute atomic E-state index is 11.5. The first-order chi connectivity index (χ1) is 6.72. The average Bonchev–Trinajstić information content (AvgIpc) is 2.67. The van der Waals surface area contributed by atoms with E-state index in [0.717, 1.165) is 12.8 Å². The molecule has 0 aliphatic heterocycles. The topological polar surface area (TPSA) is 26.3 Å². The van der Waals surface area contributed by atoms with E-state index in [-0.39, 0.29) is 17.3 Å². The molecule has 15 heavy (non-hydrogen) atoms. The van der Waals surface area contributed by atoms with Crippen LogP contribution in [0.4, 0.5) is 0 Å². The highest BCUT2D eigenvalue weighted by Gasteiger charge is 2.51. The summed E-state index contributed by atoms with van der Waals surface area (Å²) in [5.74, 6) is 0.194. The monoisotopic (exact) mass is 228 g/mol. The van der Waals surface area contributed by atoms with Crippen LogP contribution in [0.15, 0.2) is 0 Å². The zero-order valence-corrected chi connectivity index (χ0v) is 11.7. The highest BCUT2D eigenvalue weighted by atomic mass is 28.3. The maximum atomic E-state index is 11.5. The van der Waals surface area contributed by atoms with Crippen molar-refractivity contribution >= 4 is 14.0 Å². The fourth-order valence-electron chi connectivity index (χ4n) is 1.75. The number of hydrogen-bond acceptors (Lipinski definition) is 2. The molecule has 0 heterocycles. The predicted molar refractivity (Wildman–Crippen MR) is 65.6 cm³/mol. The first kappa shape index (κ1) is 12.8. The van der Waals surface area contributed by atoms with Crippen LogP contribution in [0.1, 0.15) is 26.7 Å². The Labute approximate surface area is 94.4 Å². The van der Waals surface area contributed by atoms with Crippen LogP contribution in [0, 0.1) is 11.3 Å². The Bertz CT molecular complexity index is 240. The first-order valence-electron chi connectivity index (χ1n) is 5.89. The lowest BCUT2D eigenvalue weighted by atomic mass is 10.1. The van der Waals surface area contributed by atoms with Crippen LogP contribution in [0.25, 0.3) is 0 Å². The molecule has 1 fully saturated rings. The summed E-state index contributed by atoms with van der Waals surface area (Å²) in [6.45, 7) is 11.9. The predicted octanol–water partition coefficient (Wildman–Crippen LogP) is 3.30. The molecule has 0 amide bonds. The van der Waals surface area contributed by atoms with Crippen molar-refractivity contribution in [3.8, 4) is 0 Å². The van der Waals surface area contributed by atoms with Crippen LogP contribution in [-0.2, 0) is 9.53 Å². The minimum absolute atomic E-state index is 0.0237. The van der Waals surface area contributed by atoms with E-state index in [1.54, 1.807) is 0 Å². The van der Waals surface area contributed by atoms with Gasteiger partial charge in [-0.3, -0.25) is 4.79 Å². The lowest BCUT2D eigenvalue weighted by Crippen LogP contribution is -2.20. The summed E-state index contributed by atoms with van der Waals surface area (Å²) in [5.41, 5.74) is 0.204. The van der Waals surface area contributed by atoms with Gasteiger partial charge in [0, 0.05) is 8.07 Å². The number of carbonyl (C=O) groups is 1. The highest BCUT2D eigenvalue weighted by molar-refractivity contribution is 6.76. The van der Waals surface area contributed by atoms with Crippen molar-refractivity contribution in [1.82, 2.24) is 0 Å². The third-order valence-corrected chi connectivity index (χ3v) is 4.97. The Morgan fingerprint density at radius 1 is 1.40 bits per heavy atom. The van der Waals surface area contributed by atoms with Crippen molar-refractivity contribution in [1.29, 1.82) is 0 Å². The van der Waals surface area contributed by atoms with Crippen molar-refractivity contribution < 1.29 is 9.53 Å². The van der Waals surface area contributed by atoms with E-state index in [1.165, 1.54) is 6.04 Å². The summed E-state index contributed by atoms with van der Waals surface area (Å²) in [4.78, 5) is 11.5. The third-order valence-electron chi connectivity index (χ3n) is 3.11. The van der Waals surface area contributed by atoms with Gasteiger partial charge in [-0.25, -0.2) is 0 Å². The van der Waals surface area contributed by atoms with Gasteiger partial charge in [0.05, 0.1) is 12.5 Å². The summed E-state index contributed by atoms with van der Waals surface area (Å²) in [7, 11) is -0.960. The van der Waals surface area contributed by atoms with Crippen LogP contribution < -0.4 is 0 Å². The quantitative estimate of drug-likeness (QED) is 0.410. The molecule has 1 atom stereocenters. The Morgan fingerprint density at radius 3 is 2.33 bits per heavy atom. The molecule has 1 rings (SSSR count). The Morgan fingerprint density at radius 2 is 1.93 bits per heavy atom. The molecule has 3 heteroatoms. The van der Waals surface area contributed by atoms with Gasteiger partial charge in [0.25, 0.3) is 0 Å². The minimum Gasteiger partial charge on any atom is -0.465 e. The molecule has 0 aromatic heterocycles. The van der Waals surface area contributed by atoms with Crippen molar-refractivity contribution in [3.63, 3.8) is 0 Å². The molecule has 0 N–H and O–H groups in total. The molecule has 2 nitrogen and oxygen atoms in total. The van der Waals surface area contributed by atoms with Crippen LogP contribution in [-0.4, -0.2) is 20.7 Å². The van der Waals surface area contributed by atoms with Gasteiger partial charge in [-0.15, -0.1) is 0 Å². The Kier molecular flexibility index (Phi) is 3.64. The van der Waals surface area contributed by atoms with Gasteiger partial charge >= 0.3 is 5.97 Å². The number of ether oxygens (including phenoxy) is 1. The second kappa shape index (κ2) is 4.28. The molecule has 1 aliphatic carbocycles. The molecule has 0 spiro atoms. The van der Waals surface area contributed by atoms with Crippen molar-refractivity contribution in [2.75, 3.05) is 6.61 Å². The van der Waals surface area contributed by atoms with Crippen molar-refractivity contribution in [3.05, 3.63) is 0 Å². The van der Waals surface area contributed by atoms with Crippen molar-refractivity contribution in [2.45, 2.75) is 52.4 Å². The van der Waals surface area contributed by atoms with Gasteiger partial charge in [-0.2, -0.15) is 0 Å². The van der Waals surface area contributed by atoms with Gasteiger partial charge < -0.3 is 4.74 Å². The van der Waals surface area contributed by atoms with Crippen LogP contribution in [0.5, 0.6) is 0 Å². The van der Waals surface area contributed by atoms with Crippen LogP contribution >= 0.6 is 0 Å². The van der Waals surface area contributed by atoms with Gasteiger partial charge in [-0.1, -0.05) is 39.5 Å².